The van der Waals surface area contributed by atoms with Crippen LogP contribution in [-0.2, 0) is 4.74 Å². The molecule has 0 saturated carbocycles. The molecule has 2 N–H and O–H groups in total. The van der Waals surface area contributed by atoms with Crippen LogP contribution in [0, 0.1) is 0 Å². The summed E-state index contributed by atoms with van der Waals surface area (Å²) >= 11 is 0. The molecule has 6 nitrogen and oxygen atoms in total. The molecule has 0 radical (unpaired) electrons. The summed E-state index contributed by atoms with van der Waals surface area (Å²) in [5.74, 6) is -0.219. The molecule has 1 amide bonds. The van der Waals surface area contributed by atoms with Crippen LogP contribution >= 0.6 is 0 Å². The van der Waals surface area contributed by atoms with Gasteiger partial charge in [-0.25, -0.2) is 0 Å². The van der Waals surface area contributed by atoms with Crippen LogP contribution in [0.2, 0.25) is 0 Å². The third-order valence-electron chi connectivity index (χ3n) is 2.93. The topological polar surface area (TPSA) is 79.9 Å². The Morgan fingerprint density at radius 3 is 3.13 bits per heavy atom. The number of hydrogen-bond acceptors (Lipinski definition) is 4. The van der Waals surface area contributed by atoms with Gasteiger partial charge in [-0.3, -0.25) is 4.79 Å². The van der Waals surface area contributed by atoms with Gasteiger partial charge >= 0.3 is 0 Å². The van der Waals surface area contributed by atoms with Gasteiger partial charge in [-0.15, -0.1) is 0 Å². The Balaban J connectivity index is 2.06. The number of carbonyl (C=O) groups is 1. The van der Waals surface area contributed by atoms with Gasteiger partial charge < -0.3 is 10.1 Å². The summed E-state index contributed by atoms with van der Waals surface area (Å²) in [4.78, 5) is 11.7. The van der Waals surface area contributed by atoms with Crippen molar-refractivity contribution in [2.75, 3.05) is 6.61 Å². The molecule has 1 aromatic rings. The lowest BCUT2D eigenvalue weighted by Gasteiger charge is -2.28. The van der Waals surface area contributed by atoms with Crippen LogP contribution in [0.15, 0.2) is 6.20 Å². The van der Waals surface area contributed by atoms with Gasteiger partial charge in [-0.1, -0.05) is 0 Å². The zero-order chi connectivity index (χ0) is 10.9. The Labute approximate surface area is 87.4 Å². The predicted molar refractivity (Wildman–Crippen MR) is 52.3 cm³/mol. The van der Waals surface area contributed by atoms with Crippen molar-refractivity contribution in [1.82, 2.24) is 20.7 Å². The molecule has 6 heteroatoms. The van der Waals surface area contributed by atoms with Crippen molar-refractivity contribution in [3.63, 3.8) is 0 Å². The lowest BCUT2D eigenvalue weighted by Crippen LogP contribution is -2.50. The maximum Gasteiger partial charge on any atom is 0.273 e. The minimum absolute atomic E-state index is 0.0216. The van der Waals surface area contributed by atoms with E-state index in [1.807, 2.05) is 13.8 Å². The third-order valence-corrected chi connectivity index (χ3v) is 2.93. The highest BCUT2D eigenvalue weighted by Gasteiger charge is 2.38. The quantitative estimate of drug-likeness (QED) is 0.725. The summed E-state index contributed by atoms with van der Waals surface area (Å²) in [7, 11) is 0. The number of ether oxygens (including phenoxy) is 1. The van der Waals surface area contributed by atoms with Gasteiger partial charge in [0.05, 0.1) is 17.8 Å². The lowest BCUT2D eigenvalue weighted by atomic mass is 9.94. The van der Waals surface area contributed by atoms with Crippen molar-refractivity contribution in [3.05, 3.63) is 11.9 Å². The molecule has 0 bridgehead atoms. The van der Waals surface area contributed by atoms with Crippen LogP contribution in [0.1, 0.15) is 30.8 Å². The number of amides is 1. The number of nitrogens with zero attached hydrogens (tertiary/aromatic N) is 2. The molecule has 1 aromatic heterocycles. The number of carbonyl (C=O) groups excluding carboxylic acids is 1. The van der Waals surface area contributed by atoms with Gasteiger partial charge in [0, 0.05) is 6.61 Å². The molecule has 2 heterocycles. The minimum Gasteiger partial charge on any atom is -0.376 e. The van der Waals surface area contributed by atoms with Crippen molar-refractivity contribution < 1.29 is 9.53 Å². The Kier molecular flexibility index (Phi) is 2.44. The second-order valence-corrected chi connectivity index (χ2v) is 3.99. The van der Waals surface area contributed by atoms with E-state index < -0.39 is 0 Å². The fraction of sp³-hybridized carbons (Fsp3) is 0.667. The first-order valence-corrected chi connectivity index (χ1v) is 4.92. The van der Waals surface area contributed by atoms with E-state index in [1.165, 1.54) is 6.20 Å². The molecular weight excluding hydrogens is 196 g/mol. The van der Waals surface area contributed by atoms with Gasteiger partial charge in [0.25, 0.3) is 5.91 Å². The standard InChI is InChI=1S/C9H14N4O2/c1-6-9(2,3-4-15-6)11-8(14)7-5-10-13-12-7/h5-6H,3-4H2,1-2H3,(H,11,14)(H,10,12,13). The van der Waals surface area contributed by atoms with Crippen molar-refractivity contribution in [3.8, 4) is 0 Å². The predicted octanol–water partition coefficient (Wildman–Crippen LogP) is 0.102. The molecule has 1 aliphatic rings. The van der Waals surface area contributed by atoms with Gasteiger partial charge in [0.15, 0.2) is 5.69 Å². The highest BCUT2D eigenvalue weighted by molar-refractivity contribution is 5.92. The van der Waals surface area contributed by atoms with Gasteiger partial charge in [-0.05, 0) is 20.3 Å². The number of rotatable bonds is 2. The largest absolute Gasteiger partial charge is 0.376 e. The summed E-state index contributed by atoms with van der Waals surface area (Å²) in [6.45, 7) is 4.61. The van der Waals surface area contributed by atoms with E-state index >= 15 is 0 Å². The van der Waals surface area contributed by atoms with E-state index in [0.717, 1.165) is 6.42 Å². The molecule has 1 aliphatic heterocycles. The van der Waals surface area contributed by atoms with Gasteiger partial charge in [0.2, 0.25) is 0 Å². The zero-order valence-corrected chi connectivity index (χ0v) is 8.78. The van der Waals surface area contributed by atoms with Gasteiger partial charge in [0.1, 0.15) is 0 Å². The molecule has 82 valence electrons. The number of nitrogens with one attached hydrogen (secondary N) is 2. The molecule has 0 aliphatic carbocycles. The van der Waals surface area contributed by atoms with E-state index in [-0.39, 0.29) is 17.6 Å². The summed E-state index contributed by atoms with van der Waals surface area (Å²) in [5, 5.41) is 12.6. The summed E-state index contributed by atoms with van der Waals surface area (Å²) in [6.07, 6.45) is 2.24. The molecular formula is C9H14N4O2. The molecule has 2 unspecified atom stereocenters. The normalized spacial score (nSPS) is 30.4. The number of H-pyrrole nitrogens is 1. The molecule has 0 spiro atoms. The Bertz CT molecular complexity index is 351. The fourth-order valence-corrected chi connectivity index (χ4v) is 1.63. The monoisotopic (exact) mass is 210 g/mol. The van der Waals surface area contributed by atoms with Crippen LogP contribution < -0.4 is 5.32 Å². The van der Waals surface area contributed by atoms with Crippen LogP contribution in [0.3, 0.4) is 0 Å². The lowest BCUT2D eigenvalue weighted by molar-refractivity contribution is 0.0724. The van der Waals surface area contributed by atoms with E-state index in [4.69, 9.17) is 4.74 Å². The molecule has 2 atom stereocenters. The molecule has 1 saturated heterocycles. The average Bonchev–Trinajstić information content (AvgIpc) is 2.78. The van der Waals surface area contributed by atoms with Crippen LogP contribution in [-0.4, -0.2) is 39.6 Å². The number of aromatic amines is 1. The highest BCUT2D eigenvalue weighted by atomic mass is 16.5. The number of hydrogen-bond donors (Lipinski definition) is 2. The van der Waals surface area contributed by atoms with Crippen molar-refractivity contribution >= 4 is 5.91 Å². The second-order valence-electron chi connectivity index (χ2n) is 3.99. The Morgan fingerprint density at radius 2 is 2.60 bits per heavy atom. The number of aromatic nitrogens is 3. The smallest absolute Gasteiger partial charge is 0.273 e. The van der Waals surface area contributed by atoms with E-state index in [0.29, 0.717) is 12.3 Å². The summed E-state index contributed by atoms with van der Waals surface area (Å²) in [5.41, 5.74) is -0.00826. The van der Waals surface area contributed by atoms with Crippen LogP contribution in [0.5, 0.6) is 0 Å². The van der Waals surface area contributed by atoms with E-state index in [2.05, 4.69) is 20.7 Å². The first-order valence-electron chi connectivity index (χ1n) is 4.92. The van der Waals surface area contributed by atoms with Crippen molar-refractivity contribution in [2.45, 2.75) is 31.9 Å². The Morgan fingerprint density at radius 1 is 1.80 bits per heavy atom. The molecule has 2 rings (SSSR count). The average molecular weight is 210 g/mol. The summed E-state index contributed by atoms with van der Waals surface area (Å²) < 4.78 is 5.43. The first kappa shape index (κ1) is 10.1. The van der Waals surface area contributed by atoms with Crippen molar-refractivity contribution in [1.29, 1.82) is 0 Å². The third kappa shape index (κ3) is 1.85. The molecule has 15 heavy (non-hydrogen) atoms. The van der Waals surface area contributed by atoms with Gasteiger partial charge in [-0.2, -0.15) is 15.4 Å². The maximum absolute atomic E-state index is 11.7. The first-order chi connectivity index (χ1) is 7.12. The van der Waals surface area contributed by atoms with Crippen molar-refractivity contribution in [2.24, 2.45) is 0 Å². The van der Waals surface area contributed by atoms with E-state index in [1.54, 1.807) is 0 Å². The minimum atomic E-state index is -0.309. The van der Waals surface area contributed by atoms with E-state index in [9.17, 15) is 4.79 Å². The van der Waals surface area contributed by atoms with Crippen LogP contribution in [0.4, 0.5) is 0 Å². The second kappa shape index (κ2) is 3.62. The zero-order valence-electron chi connectivity index (χ0n) is 8.78. The molecule has 0 aromatic carbocycles. The molecule has 1 fully saturated rings. The maximum atomic E-state index is 11.7. The van der Waals surface area contributed by atoms with Crippen LogP contribution in [0.25, 0.3) is 0 Å². The highest BCUT2D eigenvalue weighted by Crippen LogP contribution is 2.25. The SMILES string of the molecule is CC1OCCC1(C)NC(=O)c1cn[nH]n1. The fourth-order valence-electron chi connectivity index (χ4n) is 1.63. The summed E-state index contributed by atoms with van der Waals surface area (Å²) in [6, 6.07) is 0. The Hall–Kier alpha value is -1.43.